The van der Waals surface area contributed by atoms with Crippen LogP contribution >= 0.6 is 0 Å². The highest BCUT2D eigenvalue weighted by molar-refractivity contribution is 5.98. The smallest absolute Gasteiger partial charge is 0.303 e. The average molecular weight is 957 g/mol. The van der Waals surface area contributed by atoms with Crippen molar-refractivity contribution >= 4 is 70.4 Å². The van der Waals surface area contributed by atoms with E-state index in [0.29, 0.717) is 12.8 Å². The fourth-order valence-electron chi connectivity index (χ4n) is 6.84. The number of ketones is 5. The van der Waals surface area contributed by atoms with Crippen LogP contribution in [0, 0.1) is 29.6 Å². The molecule has 0 spiro atoms. The van der Waals surface area contributed by atoms with Crippen LogP contribution in [-0.2, 0) is 47.9 Å². The van der Waals surface area contributed by atoms with Crippen molar-refractivity contribution in [2.24, 2.45) is 68.2 Å². The second-order valence-electron chi connectivity index (χ2n) is 16.7. The Hall–Kier alpha value is -5.92. The minimum absolute atomic E-state index is 0.0114. The maximum absolute atomic E-state index is 13.8. The Balaban J connectivity index is 6.25. The number of nitrogens with zero attached hydrogens (tertiary/aromatic N) is 2. The number of amides is 4. The van der Waals surface area contributed by atoms with Gasteiger partial charge in [-0.25, -0.2) is 0 Å². The van der Waals surface area contributed by atoms with E-state index in [4.69, 9.17) is 33.8 Å². The molecule has 0 heterocycles. The third kappa shape index (κ3) is 25.0. The molecular weight excluding hydrogens is 885 g/mol. The number of hydrogen-bond acceptors (Lipinski definition) is 16. The molecule has 0 fully saturated rings. The van der Waals surface area contributed by atoms with Gasteiger partial charge in [-0.3, -0.25) is 57.9 Å². The number of rotatable bonds is 37. The molecule has 4 amide bonds. The second kappa shape index (κ2) is 31.9. The van der Waals surface area contributed by atoms with Crippen LogP contribution in [0.4, 0.5) is 0 Å². The van der Waals surface area contributed by atoms with Crippen LogP contribution in [0.1, 0.15) is 105 Å². The van der Waals surface area contributed by atoms with E-state index in [1.807, 2.05) is 0 Å². The molecule has 0 aliphatic rings. The fourth-order valence-corrected chi connectivity index (χ4v) is 6.84. The Bertz CT molecular complexity index is 1770. The molecule has 0 bridgehead atoms. The number of guanidine groups is 2. The molecule has 0 aromatic rings. The normalized spacial score (nSPS) is 15.6. The minimum atomic E-state index is -1.71. The first-order valence-corrected chi connectivity index (χ1v) is 22.0. The maximum Gasteiger partial charge on any atom is 0.303 e. The summed E-state index contributed by atoms with van der Waals surface area (Å²) < 4.78 is 0. The minimum Gasteiger partial charge on any atom is -0.481 e. The first kappa shape index (κ1) is 61.1. The third-order valence-corrected chi connectivity index (χ3v) is 10.9. The van der Waals surface area contributed by atoms with Gasteiger partial charge in [0.2, 0.25) is 23.6 Å². The van der Waals surface area contributed by atoms with Gasteiger partial charge in [-0.05, 0) is 59.3 Å². The predicted molar refractivity (Wildman–Crippen MR) is 241 cm³/mol. The first-order valence-electron chi connectivity index (χ1n) is 22.0. The summed E-state index contributed by atoms with van der Waals surface area (Å²) in [6.07, 6.45) is -5.68. The van der Waals surface area contributed by atoms with Gasteiger partial charge in [0.15, 0.2) is 29.3 Å². The zero-order chi connectivity index (χ0) is 51.6. The molecule has 0 aliphatic carbocycles. The number of carbonyl (C=O) groups is 10. The Kier molecular flexibility index (Phi) is 29.1. The van der Waals surface area contributed by atoms with E-state index in [1.54, 1.807) is 6.92 Å². The summed E-state index contributed by atoms with van der Waals surface area (Å²) in [6.45, 7) is 3.39. The summed E-state index contributed by atoms with van der Waals surface area (Å²) in [5, 5.41) is 57.2. The van der Waals surface area contributed by atoms with Crippen molar-refractivity contribution in [3.05, 3.63) is 0 Å². The van der Waals surface area contributed by atoms with Crippen molar-refractivity contribution < 1.29 is 73.5 Å². The third-order valence-electron chi connectivity index (χ3n) is 10.9. The van der Waals surface area contributed by atoms with E-state index < -0.39 is 152 Å². The number of hydrogen-bond donors (Lipinski definition) is 13. The van der Waals surface area contributed by atoms with Crippen LogP contribution in [-0.4, -0.2) is 153 Å². The number of aliphatic imine (C=N–C) groups is 2. The zero-order valence-electron chi connectivity index (χ0n) is 38.7. The van der Waals surface area contributed by atoms with E-state index >= 15 is 0 Å². The first-order chi connectivity index (χ1) is 31.2. The lowest BCUT2D eigenvalue weighted by atomic mass is 9.88. The van der Waals surface area contributed by atoms with Gasteiger partial charge in [-0.2, -0.15) is 0 Å². The fraction of sp³-hybridized carbons (Fsp3) is 0.714. The van der Waals surface area contributed by atoms with E-state index in [1.165, 1.54) is 6.92 Å². The molecule has 0 aromatic heterocycles. The standard InChI is InChI=1S/C42H72N10O15/c1-21(7-5-13-48-41(44)45)30(58)16-27(9-11-34(43)62)39(66)51-37(24(4)57)33(61)17-26(8-6-14-49-42(46)47)38(65)50-29(20-54)31(59)18-28(19-53)40(67)52-36(23(3)56)32(60)15-25(22(2)55)10-12-35(63)64/h21,23-29,36-37,53-54,56-57H,5-20H2,1-4H3,(H2,43,62)(H,50,65)(H,51,66)(H,52,67)(H,63,64)(H4,44,45,48)(H4,46,47,49)/t21-,23+,24+,25+,26+,27+,28-,29-,36-,37-/m0/s1. The highest BCUT2D eigenvalue weighted by atomic mass is 16.4. The van der Waals surface area contributed by atoms with Crippen LogP contribution in [0.3, 0.4) is 0 Å². The lowest BCUT2D eigenvalue weighted by Crippen LogP contribution is -2.52. The lowest BCUT2D eigenvalue weighted by Gasteiger charge is -2.27. The van der Waals surface area contributed by atoms with Crippen LogP contribution in [0.15, 0.2) is 9.98 Å². The van der Waals surface area contributed by atoms with Gasteiger partial charge < -0.3 is 70.2 Å². The number of nitrogens with one attached hydrogen (secondary N) is 3. The van der Waals surface area contributed by atoms with Gasteiger partial charge in [-0.1, -0.05) is 6.92 Å². The quantitative estimate of drug-likeness (QED) is 0.0160. The Morgan fingerprint density at radius 1 is 0.522 bits per heavy atom. The Labute approximate surface area is 388 Å². The van der Waals surface area contributed by atoms with Gasteiger partial charge in [0, 0.05) is 75.3 Å². The molecule has 0 saturated carbocycles. The molecule has 0 unspecified atom stereocenters. The molecule has 25 nitrogen and oxygen atoms in total. The van der Waals surface area contributed by atoms with Crippen LogP contribution in [0.25, 0.3) is 0 Å². The van der Waals surface area contributed by atoms with Crippen molar-refractivity contribution in [1.29, 1.82) is 0 Å². The molecule has 0 rings (SSSR count). The monoisotopic (exact) mass is 957 g/mol. The summed E-state index contributed by atoms with van der Waals surface area (Å²) in [7, 11) is 0. The van der Waals surface area contributed by atoms with Crippen molar-refractivity contribution in [2.75, 3.05) is 26.3 Å². The predicted octanol–water partition coefficient (Wildman–Crippen LogP) is -4.05. The summed E-state index contributed by atoms with van der Waals surface area (Å²) >= 11 is 0. The van der Waals surface area contributed by atoms with E-state index in [0.717, 1.165) is 13.8 Å². The number of carboxylic acids is 1. The molecule has 67 heavy (non-hydrogen) atoms. The zero-order valence-corrected chi connectivity index (χ0v) is 38.7. The van der Waals surface area contributed by atoms with Crippen LogP contribution < -0.4 is 44.6 Å². The van der Waals surface area contributed by atoms with Crippen molar-refractivity contribution in [2.45, 2.75) is 135 Å². The number of aliphatic hydroxyl groups excluding tert-OH is 4. The summed E-state index contributed by atoms with van der Waals surface area (Å²) in [4.78, 5) is 137. The number of Topliss-reactive ketones (excluding diaryl/α,β-unsaturated/α-hetero) is 5. The molecule has 25 heteroatoms. The average Bonchev–Trinajstić information content (AvgIpc) is 3.23. The molecule has 18 N–H and O–H groups in total. The molecule has 0 saturated heterocycles. The van der Waals surface area contributed by atoms with Crippen LogP contribution in [0.2, 0.25) is 0 Å². The van der Waals surface area contributed by atoms with Crippen molar-refractivity contribution in [3.63, 3.8) is 0 Å². The molecule has 380 valence electrons. The topological polar surface area (TPSA) is 463 Å². The van der Waals surface area contributed by atoms with Crippen LogP contribution in [0.5, 0.6) is 0 Å². The highest BCUT2D eigenvalue weighted by Gasteiger charge is 2.36. The number of carbonyl (C=O) groups excluding carboxylic acids is 9. The second-order valence-corrected chi connectivity index (χ2v) is 16.7. The van der Waals surface area contributed by atoms with Gasteiger partial charge in [0.05, 0.1) is 31.3 Å². The summed E-state index contributed by atoms with van der Waals surface area (Å²) in [6, 6.07) is -4.98. The summed E-state index contributed by atoms with van der Waals surface area (Å²) in [5.41, 5.74) is 26.8. The molecular formula is C42H72N10O15. The molecule has 10 atom stereocenters. The van der Waals surface area contributed by atoms with Gasteiger partial charge in [-0.15, -0.1) is 0 Å². The largest absolute Gasteiger partial charge is 0.481 e. The summed E-state index contributed by atoms with van der Waals surface area (Å²) in [5.74, 6) is -14.4. The van der Waals surface area contributed by atoms with Crippen molar-refractivity contribution in [1.82, 2.24) is 16.0 Å². The van der Waals surface area contributed by atoms with Gasteiger partial charge in [0.25, 0.3) is 0 Å². The number of aliphatic hydroxyl groups is 4. The van der Waals surface area contributed by atoms with Crippen molar-refractivity contribution in [3.8, 4) is 0 Å². The number of carboxylic acid groups (broad SMARTS) is 1. The van der Waals surface area contributed by atoms with E-state index in [-0.39, 0.29) is 69.3 Å². The molecule has 0 aromatic carbocycles. The lowest BCUT2D eigenvalue weighted by molar-refractivity contribution is -0.139. The van der Waals surface area contributed by atoms with E-state index in [2.05, 4.69) is 25.9 Å². The maximum atomic E-state index is 13.8. The molecule has 0 radical (unpaired) electrons. The SMILES string of the molecule is CC(=O)[C@H](CCC(=O)O)CC(=O)[C@@H](NC(=O)[C@H](CO)CC(=O)[C@H](CO)NC(=O)[C@H](CCCN=C(N)N)CC(=O)[C@@H](NC(=O)[C@H](CCC(N)=O)CC(=O)[C@@H](C)CCCN=C(N)N)[C@@H](C)O)[C@@H](C)O. The highest BCUT2D eigenvalue weighted by Crippen LogP contribution is 2.21. The molecule has 0 aliphatic heterocycles. The number of aliphatic carboxylic acids is 1. The Morgan fingerprint density at radius 2 is 0.940 bits per heavy atom. The Morgan fingerprint density at radius 3 is 1.37 bits per heavy atom. The van der Waals surface area contributed by atoms with Gasteiger partial charge in [0.1, 0.15) is 29.7 Å². The van der Waals surface area contributed by atoms with Gasteiger partial charge >= 0.3 is 5.97 Å². The van der Waals surface area contributed by atoms with E-state index in [9.17, 15) is 68.4 Å². The number of primary amides is 1. The number of nitrogens with two attached hydrogens (primary N) is 5.